The van der Waals surface area contributed by atoms with E-state index < -0.39 is 0 Å². The molecule has 0 spiro atoms. The van der Waals surface area contributed by atoms with Crippen molar-refractivity contribution in [2.75, 3.05) is 0 Å². The van der Waals surface area contributed by atoms with E-state index in [1.165, 1.54) is 5.56 Å². The molecule has 0 aliphatic rings. The summed E-state index contributed by atoms with van der Waals surface area (Å²) in [6.07, 6.45) is 2.29. The molecule has 0 saturated carbocycles. The first-order valence-electron chi connectivity index (χ1n) is 6.31. The van der Waals surface area contributed by atoms with Crippen LogP contribution in [-0.2, 0) is 5.41 Å². The lowest BCUT2D eigenvalue weighted by Crippen LogP contribution is -2.11. The summed E-state index contributed by atoms with van der Waals surface area (Å²) < 4.78 is 0. The minimum atomic E-state index is 0.0863. The summed E-state index contributed by atoms with van der Waals surface area (Å²) >= 11 is 0. The molecular weight excluding hydrogens is 236 g/mol. The average molecular weight is 254 g/mol. The van der Waals surface area contributed by atoms with Crippen LogP contribution < -0.4 is 0 Å². The van der Waals surface area contributed by atoms with E-state index in [9.17, 15) is 4.79 Å². The third-order valence-corrected chi connectivity index (χ3v) is 3.16. The molecule has 0 unspecified atom stereocenters. The molecule has 0 fully saturated rings. The van der Waals surface area contributed by atoms with Gasteiger partial charge in [-0.1, -0.05) is 32.9 Å². The predicted octanol–water partition coefficient (Wildman–Crippen LogP) is 3.56. The van der Waals surface area contributed by atoms with Crippen molar-refractivity contribution in [3.63, 3.8) is 0 Å². The summed E-state index contributed by atoms with van der Waals surface area (Å²) in [7, 11) is 0. The van der Waals surface area contributed by atoms with Gasteiger partial charge in [0.2, 0.25) is 0 Å². The molecule has 0 atom stereocenters. The van der Waals surface area contributed by atoms with E-state index in [1.54, 1.807) is 6.20 Å². The van der Waals surface area contributed by atoms with E-state index >= 15 is 0 Å². The fourth-order valence-corrected chi connectivity index (χ4v) is 1.95. The minimum absolute atomic E-state index is 0.0863. The summed E-state index contributed by atoms with van der Waals surface area (Å²) in [6.45, 7) is 8.58. The Morgan fingerprint density at radius 3 is 2.53 bits per heavy atom. The standard InChI is InChI=1S/C16H18N2O/c1-11-5-6-12(16(2,3)4)9-13(11)14-7-8-17-15(10-19)18-14/h5-10H,1-4H3. The highest BCUT2D eigenvalue weighted by atomic mass is 16.1. The lowest BCUT2D eigenvalue weighted by molar-refractivity contribution is 0.111. The number of aromatic nitrogens is 2. The maximum absolute atomic E-state index is 10.8. The molecule has 0 N–H and O–H groups in total. The first kappa shape index (κ1) is 13.4. The fourth-order valence-electron chi connectivity index (χ4n) is 1.95. The van der Waals surface area contributed by atoms with E-state index in [0.717, 1.165) is 16.8 Å². The Morgan fingerprint density at radius 2 is 1.89 bits per heavy atom. The van der Waals surface area contributed by atoms with E-state index in [-0.39, 0.29) is 11.2 Å². The Balaban J connectivity index is 2.57. The van der Waals surface area contributed by atoms with Crippen molar-refractivity contribution in [1.82, 2.24) is 9.97 Å². The van der Waals surface area contributed by atoms with Gasteiger partial charge in [-0.2, -0.15) is 0 Å². The average Bonchev–Trinajstić information content (AvgIpc) is 2.38. The fraction of sp³-hybridized carbons (Fsp3) is 0.312. The number of carbonyl (C=O) groups excluding carboxylic acids is 1. The van der Waals surface area contributed by atoms with Crippen LogP contribution in [0.15, 0.2) is 30.5 Å². The van der Waals surface area contributed by atoms with Gasteiger partial charge in [0.05, 0.1) is 5.69 Å². The van der Waals surface area contributed by atoms with Crippen LogP contribution in [0, 0.1) is 6.92 Å². The molecule has 0 radical (unpaired) electrons. The molecule has 3 heteroatoms. The maximum atomic E-state index is 10.8. The zero-order chi connectivity index (χ0) is 14.0. The highest BCUT2D eigenvalue weighted by Gasteiger charge is 2.15. The number of hydrogen-bond acceptors (Lipinski definition) is 3. The Hall–Kier alpha value is -2.03. The maximum Gasteiger partial charge on any atom is 0.193 e. The van der Waals surface area contributed by atoms with Gasteiger partial charge in [-0.3, -0.25) is 4.79 Å². The van der Waals surface area contributed by atoms with Crippen LogP contribution in [0.2, 0.25) is 0 Å². The van der Waals surface area contributed by atoms with Gasteiger partial charge in [0.1, 0.15) is 0 Å². The van der Waals surface area contributed by atoms with Gasteiger partial charge < -0.3 is 0 Å². The molecule has 0 saturated heterocycles. The van der Waals surface area contributed by atoms with E-state index in [4.69, 9.17) is 0 Å². The number of aryl methyl sites for hydroxylation is 1. The van der Waals surface area contributed by atoms with Crippen LogP contribution in [0.25, 0.3) is 11.3 Å². The summed E-state index contributed by atoms with van der Waals surface area (Å²) in [6, 6.07) is 8.22. The molecule has 1 aromatic heterocycles. The van der Waals surface area contributed by atoms with Gasteiger partial charge in [-0.25, -0.2) is 9.97 Å². The van der Waals surface area contributed by atoms with Crippen LogP contribution >= 0.6 is 0 Å². The van der Waals surface area contributed by atoms with Gasteiger partial charge in [-0.15, -0.1) is 0 Å². The number of hydrogen-bond donors (Lipinski definition) is 0. The lowest BCUT2D eigenvalue weighted by atomic mass is 9.85. The molecule has 0 aliphatic heterocycles. The van der Waals surface area contributed by atoms with Gasteiger partial charge in [-0.05, 0) is 35.6 Å². The van der Waals surface area contributed by atoms with Crippen LogP contribution in [0.5, 0.6) is 0 Å². The number of aldehydes is 1. The van der Waals surface area contributed by atoms with Crippen molar-refractivity contribution in [2.24, 2.45) is 0 Å². The number of carbonyl (C=O) groups is 1. The molecule has 98 valence electrons. The highest BCUT2D eigenvalue weighted by molar-refractivity contribution is 5.72. The predicted molar refractivity (Wildman–Crippen MR) is 76.3 cm³/mol. The Kier molecular flexibility index (Phi) is 3.47. The van der Waals surface area contributed by atoms with Crippen molar-refractivity contribution >= 4 is 6.29 Å². The van der Waals surface area contributed by atoms with Crippen LogP contribution in [0.3, 0.4) is 0 Å². The second-order valence-electron chi connectivity index (χ2n) is 5.70. The number of benzene rings is 1. The quantitative estimate of drug-likeness (QED) is 0.769. The Morgan fingerprint density at radius 1 is 1.16 bits per heavy atom. The Bertz CT molecular complexity index is 612. The van der Waals surface area contributed by atoms with Gasteiger partial charge >= 0.3 is 0 Å². The van der Waals surface area contributed by atoms with Crippen molar-refractivity contribution < 1.29 is 4.79 Å². The number of nitrogens with zero attached hydrogens (tertiary/aromatic N) is 2. The summed E-state index contributed by atoms with van der Waals surface area (Å²) in [5.41, 5.74) is 4.32. The molecule has 2 rings (SSSR count). The van der Waals surface area contributed by atoms with Crippen molar-refractivity contribution in [3.8, 4) is 11.3 Å². The zero-order valence-electron chi connectivity index (χ0n) is 11.8. The first-order valence-corrected chi connectivity index (χ1v) is 6.31. The third kappa shape index (κ3) is 2.87. The van der Waals surface area contributed by atoms with Crippen LogP contribution in [0.4, 0.5) is 0 Å². The molecule has 0 aliphatic carbocycles. The summed E-state index contributed by atoms with van der Waals surface area (Å²) in [5.74, 6) is 0.220. The first-order chi connectivity index (χ1) is 8.91. The summed E-state index contributed by atoms with van der Waals surface area (Å²) in [5, 5.41) is 0. The third-order valence-electron chi connectivity index (χ3n) is 3.16. The molecule has 19 heavy (non-hydrogen) atoms. The minimum Gasteiger partial charge on any atom is -0.294 e. The zero-order valence-corrected chi connectivity index (χ0v) is 11.8. The number of rotatable bonds is 2. The lowest BCUT2D eigenvalue weighted by Gasteiger charge is -2.20. The smallest absolute Gasteiger partial charge is 0.193 e. The Labute approximate surface area is 113 Å². The second-order valence-corrected chi connectivity index (χ2v) is 5.70. The SMILES string of the molecule is Cc1ccc(C(C)(C)C)cc1-c1ccnc(C=O)n1. The molecule has 3 nitrogen and oxygen atoms in total. The molecule has 1 aromatic carbocycles. The molecule has 1 heterocycles. The van der Waals surface area contributed by atoms with E-state index in [2.05, 4.69) is 48.9 Å². The van der Waals surface area contributed by atoms with Gasteiger partial charge in [0.15, 0.2) is 12.1 Å². The normalized spacial score (nSPS) is 11.4. The van der Waals surface area contributed by atoms with Gasteiger partial charge in [0.25, 0.3) is 0 Å². The van der Waals surface area contributed by atoms with Crippen LogP contribution in [0.1, 0.15) is 42.5 Å². The monoisotopic (exact) mass is 254 g/mol. The van der Waals surface area contributed by atoms with E-state index in [1.807, 2.05) is 13.0 Å². The van der Waals surface area contributed by atoms with Crippen LogP contribution in [-0.4, -0.2) is 16.3 Å². The van der Waals surface area contributed by atoms with Crippen molar-refractivity contribution in [1.29, 1.82) is 0 Å². The second kappa shape index (κ2) is 4.92. The molecular formula is C16H18N2O. The summed E-state index contributed by atoms with van der Waals surface area (Å²) in [4.78, 5) is 18.9. The molecule has 0 amide bonds. The topological polar surface area (TPSA) is 42.9 Å². The molecule has 2 aromatic rings. The van der Waals surface area contributed by atoms with E-state index in [0.29, 0.717) is 6.29 Å². The van der Waals surface area contributed by atoms with Crippen molar-refractivity contribution in [2.45, 2.75) is 33.1 Å². The van der Waals surface area contributed by atoms with Gasteiger partial charge in [0, 0.05) is 11.8 Å². The largest absolute Gasteiger partial charge is 0.294 e. The highest BCUT2D eigenvalue weighted by Crippen LogP contribution is 2.29. The van der Waals surface area contributed by atoms with Crippen molar-refractivity contribution in [3.05, 3.63) is 47.4 Å². The molecule has 0 bridgehead atoms.